The minimum Gasteiger partial charge on any atom is -0.454 e. The Bertz CT molecular complexity index is 868. The van der Waals surface area contributed by atoms with E-state index in [1.54, 1.807) is 0 Å². The molecule has 0 spiro atoms. The smallest absolute Gasteiger partial charge is 0.231 e. The molecule has 0 bridgehead atoms. The quantitative estimate of drug-likeness (QED) is 0.375. The maximum absolute atomic E-state index is 5.55. The lowest BCUT2D eigenvalue weighted by Gasteiger charge is -2.40. The Morgan fingerprint density at radius 1 is 1.30 bits per heavy atom. The summed E-state index contributed by atoms with van der Waals surface area (Å²) in [6, 6.07) is 6.61. The summed E-state index contributed by atoms with van der Waals surface area (Å²) < 4.78 is 13.2. The van der Waals surface area contributed by atoms with Crippen molar-refractivity contribution in [3.8, 4) is 11.5 Å². The molecule has 3 heterocycles. The summed E-state index contributed by atoms with van der Waals surface area (Å²) in [7, 11) is 1.86. The van der Waals surface area contributed by atoms with Crippen molar-refractivity contribution >= 4 is 29.9 Å². The third kappa shape index (κ3) is 4.68. The van der Waals surface area contributed by atoms with Crippen LogP contribution in [0.2, 0.25) is 0 Å². The van der Waals surface area contributed by atoms with Crippen LogP contribution in [0.25, 0.3) is 0 Å². The van der Waals surface area contributed by atoms with Gasteiger partial charge < -0.3 is 24.3 Å². The van der Waals surface area contributed by atoms with Gasteiger partial charge in [0.1, 0.15) is 0 Å². The number of benzene rings is 1. The summed E-state index contributed by atoms with van der Waals surface area (Å²) in [5.74, 6) is 3.22. The van der Waals surface area contributed by atoms with Gasteiger partial charge in [0.15, 0.2) is 17.5 Å². The average Bonchev–Trinajstić information content (AvgIpc) is 3.40. The van der Waals surface area contributed by atoms with Gasteiger partial charge in [-0.1, -0.05) is 26.8 Å². The number of nitrogens with zero attached hydrogens (tertiary/aromatic N) is 4. The van der Waals surface area contributed by atoms with Gasteiger partial charge in [-0.25, -0.2) is 4.98 Å². The molecule has 1 saturated heterocycles. The molecule has 4 rings (SSSR count). The number of guanidine groups is 1. The fourth-order valence-corrected chi connectivity index (χ4v) is 4.15. The molecule has 1 aromatic heterocycles. The monoisotopic (exact) mass is 525 g/mol. The molecule has 2 aromatic rings. The number of halogens is 1. The number of hydrogen-bond acceptors (Lipinski definition) is 4. The topological polar surface area (TPSA) is 63.9 Å². The summed E-state index contributed by atoms with van der Waals surface area (Å²) >= 11 is 0. The fraction of sp³-hybridized carbons (Fsp3) is 0.545. The Kier molecular flexibility index (Phi) is 7.15. The molecule has 30 heavy (non-hydrogen) atoms. The van der Waals surface area contributed by atoms with E-state index < -0.39 is 0 Å². The number of imidazole rings is 1. The van der Waals surface area contributed by atoms with Crippen LogP contribution in [0.3, 0.4) is 0 Å². The largest absolute Gasteiger partial charge is 0.454 e. The van der Waals surface area contributed by atoms with E-state index in [2.05, 4.69) is 63.9 Å². The van der Waals surface area contributed by atoms with Gasteiger partial charge in [0.25, 0.3) is 0 Å². The van der Waals surface area contributed by atoms with Crippen molar-refractivity contribution in [3.63, 3.8) is 0 Å². The fourth-order valence-electron chi connectivity index (χ4n) is 4.15. The molecule has 0 aliphatic carbocycles. The lowest BCUT2D eigenvalue weighted by atomic mass is 9.84. The van der Waals surface area contributed by atoms with Crippen molar-refractivity contribution in [2.24, 2.45) is 10.9 Å². The molecule has 0 amide bonds. The van der Waals surface area contributed by atoms with E-state index in [1.807, 2.05) is 25.6 Å². The number of likely N-dealkylation sites (tertiary alicyclic amines) is 1. The molecule has 0 saturated carbocycles. The van der Waals surface area contributed by atoms with E-state index in [0.717, 1.165) is 43.5 Å². The predicted molar refractivity (Wildman–Crippen MR) is 129 cm³/mol. The minimum atomic E-state index is -0.0796. The Balaban J connectivity index is 0.00000256. The highest BCUT2D eigenvalue weighted by Gasteiger charge is 2.30. The van der Waals surface area contributed by atoms with Crippen LogP contribution < -0.4 is 14.8 Å². The predicted octanol–water partition coefficient (Wildman–Crippen LogP) is 3.67. The van der Waals surface area contributed by atoms with Crippen LogP contribution in [0.1, 0.15) is 38.8 Å². The van der Waals surface area contributed by atoms with Gasteiger partial charge in [0.2, 0.25) is 6.79 Å². The van der Waals surface area contributed by atoms with Gasteiger partial charge in [0, 0.05) is 44.5 Å². The number of aliphatic imine (C=N–C) groups is 1. The van der Waals surface area contributed by atoms with Crippen LogP contribution in [-0.2, 0) is 5.41 Å². The Morgan fingerprint density at radius 3 is 2.83 bits per heavy atom. The maximum Gasteiger partial charge on any atom is 0.231 e. The molecule has 2 aliphatic rings. The van der Waals surface area contributed by atoms with Gasteiger partial charge in [-0.05, 0) is 30.0 Å². The van der Waals surface area contributed by atoms with Crippen LogP contribution in [-0.4, -0.2) is 53.9 Å². The zero-order valence-corrected chi connectivity index (χ0v) is 20.5. The van der Waals surface area contributed by atoms with Crippen LogP contribution >= 0.6 is 24.0 Å². The second kappa shape index (κ2) is 9.45. The molecule has 1 fully saturated rings. The van der Waals surface area contributed by atoms with Gasteiger partial charge >= 0.3 is 0 Å². The third-order valence-corrected chi connectivity index (χ3v) is 6.18. The second-order valence-electron chi connectivity index (χ2n) is 8.64. The molecule has 2 unspecified atom stereocenters. The van der Waals surface area contributed by atoms with Crippen LogP contribution in [0, 0.1) is 5.92 Å². The Hall–Kier alpha value is -1.97. The summed E-state index contributed by atoms with van der Waals surface area (Å²) in [4.78, 5) is 11.2. The standard InChI is InChI=1S/C22H31N5O2.HI/c1-16-7-9-26(12-18(16)27-10-8-24-14-27)21(23-4)25-13-22(2,3)17-5-6-19-20(11-17)29-15-28-19;/h5-6,8,10-11,14,16,18H,7,9,12-13,15H2,1-4H3,(H,23,25);1H. The molecular weight excluding hydrogens is 493 g/mol. The number of rotatable bonds is 4. The highest BCUT2D eigenvalue weighted by Crippen LogP contribution is 2.36. The highest BCUT2D eigenvalue weighted by molar-refractivity contribution is 14.0. The lowest BCUT2D eigenvalue weighted by molar-refractivity contribution is 0.174. The van der Waals surface area contributed by atoms with Gasteiger partial charge in [-0.15, -0.1) is 24.0 Å². The summed E-state index contributed by atoms with van der Waals surface area (Å²) in [6.45, 7) is 9.81. The summed E-state index contributed by atoms with van der Waals surface area (Å²) in [5.41, 5.74) is 1.14. The van der Waals surface area contributed by atoms with Crippen molar-refractivity contribution in [2.75, 3.05) is 33.5 Å². The highest BCUT2D eigenvalue weighted by atomic mass is 127. The van der Waals surface area contributed by atoms with E-state index in [9.17, 15) is 0 Å². The number of piperidine rings is 1. The van der Waals surface area contributed by atoms with Crippen molar-refractivity contribution in [3.05, 3.63) is 42.5 Å². The normalized spacial score (nSPS) is 21.3. The molecule has 1 N–H and O–H groups in total. The first kappa shape index (κ1) is 22.7. The summed E-state index contributed by atoms with van der Waals surface area (Å²) in [5, 5.41) is 3.61. The first-order chi connectivity index (χ1) is 14.0. The molecule has 164 valence electrons. The van der Waals surface area contributed by atoms with Crippen LogP contribution in [0.5, 0.6) is 11.5 Å². The first-order valence-corrected chi connectivity index (χ1v) is 10.3. The van der Waals surface area contributed by atoms with E-state index in [-0.39, 0.29) is 29.4 Å². The average molecular weight is 525 g/mol. The number of fused-ring (bicyclic) bond motifs is 1. The number of aromatic nitrogens is 2. The van der Waals surface area contributed by atoms with E-state index in [0.29, 0.717) is 18.8 Å². The van der Waals surface area contributed by atoms with E-state index in [4.69, 9.17) is 9.47 Å². The molecule has 2 atom stereocenters. The Labute approximate surface area is 195 Å². The van der Waals surface area contributed by atoms with E-state index >= 15 is 0 Å². The first-order valence-electron chi connectivity index (χ1n) is 10.3. The van der Waals surface area contributed by atoms with Gasteiger partial charge in [-0.3, -0.25) is 4.99 Å². The SMILES string of the molecule is CN=C(NCC(C)(C)c1ccc2c(c1)OCO2)N1CCC(C)C(n2ccnc2)C1.I. The van der Waals surface area contributed by atoms with Gasteiger partial charge in [-0.2, -0.15) is 0 Å². The number of ether oxygens (including phenoxy) is 2. The number of nitrogens with one attached hydrogen (secondary N) is 1. The molecule has 1 aromatic carbocycles. The van der Waals surface area contributed by atoms with Crippen LogP contribution in [0.4, 0.5) is 0 Å². The van der Waals surface area contributed by atoms with Gasteiger partial charge in [0.05, 0.1) is 12.4 Å². The van der Waals surface area contributed by atoms with Crippen molar-refractivity contribution < 1.29 is 9.47 Å². The minimum absolute atomic E-state index is 0. The molecule has 7 nitrogen and oxygen atoms in total. The van der Waals surface area contributed by atoms with Crippen molar-refractivity contribution in [1.29, 1.82) is 0 Å². The molecule has 0 radical (unpaired) electrons. The molecular formula is C22H32IN5O2. The summed E-state index contributed by atoms with van der Waals surface area (Å²) in [6.07, 6.45) is 6.97. The maximum atomic E-state index is 5.55. The lowest BCUT2D eigenvalue weighted by Crippen LogP contribution is -2.51. The third-order valence-electron chi connectivity index (χ3n) is 6.18. The van der Waals surface area contributed by atoms with Crippen molar-refractivity contribution in [1.82, 2.24) is 19.8 Å². The van der Waals surface area contributed by atoms with Crippen LogP contribution in [0.15, 0.2) is 41.9 Å². The van der Waals surface area contributed by atoms with Crippen molar-refractivity contribution in [2.45, 2.75) is 38.6 Å². The second-order valence-corrected chi connectivity index (χ2v) is 8.64. The van der Waals surface area contributed by atoms with E-state index in [1.165, 1.54) is 5.56 Å². The Morgan fingerprint density at radius 2 is 2.10 bits per heavy atom. The molecule has 2 aliphatic heterocycles. The number of hydrogen-bond donors (Lipinski definition) is 1. The zero-order valence-electron chi connectivity index (χ0n) is 18.2. The molecule has 8 heteroatoms. The zero-order chi connectivity index (χ0) is 20.4.